The topological polar surface area (TPSA) is 24.5 Å². The van der Waals surface area contributed by atoms with E-state index in [1.807, 2.05) is 0 Å². The molecule has 1 aromatic rings. The van der Waals surface area contributed by atoms with Gasteiger partial charge in [-0.05, 0) is 30.4 Å². The van der Waals surface area contributed by atoms with Crippen molar-refractivity contribution in [3.05, 3.63) is 35.4 Å². The van der Waals surface area contributed by atoms with Crippen LogP contribution in [0, 0.1) is 5.92 Å². The molecule has 3 heteroatoms. The number of morpholine rings is 1. The molecule has 118 valence electrons. The van der Waals surface area contributed by atoms with Gasteiger partial charge >= 0.3 is 0 Å². The molecular formula is C18H30N2O. The van der Waals surface area contributed by atoms with Gasteiger partial charge in [-0.25, -0.2) is 0 Å². The maximum absolute atomic E-state index is 5.39. The molecule has 3 nitrogen and oxygen atoms in total. The van der Waals surface area contributed by atoms with Crippen molar-refractivity contribution in [3.63, 3.8) is 0 Å². The average molecular weight is 290 g/mol. The normalized spacial score (nSPS) is 18.1. The van der Waals surface area contributed by atoms with Crippen LogP contribution in [0.1, 0.15) is 31.9 Å². The maximum atomic E-state index is 5.39. The molecule has 1 saturated heterocycles. The zero-order valence-corrected chi connectivity index (χ0v) is 13.8. The average Bonchev–Trinajstić information content (AvgIpc) is 2.47. The number of nitrogens with one attached hydrogen (secondary N) is 1. The van der Waals surface area contributed by atoms with Crippen molar-refractivity contribution in [1.82, 2.24) is 10.2 Å². The van der Waals surface area contributed by atoms with Crippen LogP contribution < -0.4 is 5.32 Å². The summed E-state index contributed by atoms with van der Waals surface area (Å²) in [7, 11) is 0. The van der Waals surface area contributed by atoms with E-state index in [0.29, 0.717) is 6.04 Å². The smallest absolute Gasteiger partial charge is 0.0594 e. The molecule has 0 spiro atoms. The highest BCUT2D eigenvalue weighted by molar-refractivity contribution is 5.22. The maximum Gasteiger partial charge on any atom is 0.0594 e. The third-order valence-electron chi connectivity index (χ3n) is 3.96. The summed E-state index contributed by atoms with van der Waals surface area (Å²) in [6, 6.07) is 9.56. The molecule has 1 heterocycles. The van der Waals surface area contributed by atoms with Gasteiger partial charge in [0.05, 0.1) is 13.2 Å². The van der Waals surface area contributed by atoms with E-state index in [-0.39, 0.29) is 0 Å². The number of hydrogen-bond acceptors (Lipinski definition) is 3. The highest BCUT2D eigenvalue weighted by atomic mass is 16.5. The van der Waals surface area contributed by atoms with Gasteiger partial charge in [0, 0.05) is 32.2 Å². The lowest BCUT2D eigenvalue weighted by Crippen LogP contribution is -2.44. The Balaban J connectivity index is 1.71. The minimum Gasteiger partial charge on any atom is -0.379 e. The van der Waals surface area contributed by atoms with E-state index in [4.69, 9.17) is 4.74 Å². The van der Waals surface area contributed by atoms with Crippen LogP contribution in [0.15, 0.2) is 24.3 Å². The van der Waals surface area contributed by atoms with Gasteiger partial charge in [0.1, 0.15) is 0 Å². The van der Waals surface area contributed by atoms with Crippen LogP contribution in [0.5, 0.6) is 0 Å². The number of hydrogen-bond donors (Lipinski definition) is 1. The van der Waals surface area contributed by atoms with Gasteiger partial charge < -0.3 is 10.1 Å². The van der Waals surface area contributed by atoms with Crippen molar-refractivity contribution in [2.75, 3.05) is 32.8 Å². The summed E-state index contributed by atoms with van der Waals surface area (Å²) in [6.45, 7) is 12.7. The lowest BCUT2D eigenvalue weighted by Gasteiger charge is -2.29. The van der Waals surface area contributed by atoms with E-state index < -0.39 is 0 Å². The third-order valence-corrected chi connectivity index (χ3v) is 3.96. The number of rotatable bonds is 7. The SMILES string of the molecule is CC(C)Cc1ccc(CNC(C)CN2CCOCC2)cc1. The number of ether oxygens (including phenoxy) is 1. The van der Waals surface area contributed by atoms with Crippen LogP contribution in [0.25, 0.3) is 0 Å². The molecule has 1 N–H and O–H groups in total. The van der Waals surface area contributed by atoms with Gasteiger partial charge in [0.2, 0.25) is 0 Å². The first kappa shape index (κ1) is 16.5. The van der Waals surface area contributed by atoms with Crippen molar-refractivity contribution < 1.29 is 4.74 Å². The Labute approximate surface area is 129 Å². The van der Waals surface area contributed by atoms with E-state index in [1.165, 1.54) is 17.5 Å². The Morgan fingerprint density at radius 2 is 1.67 bits per heavy atom. The van der Waals surface area contributed by atoms with E-state index >= 15 is 0 Å². The Hall–Kier alpha value is -0.900. The molecule has 1 atom stereocenters. The van der Waals surface area contributed by atoms with Crippen LogP contribution in [-0.2, 0) is 17.7 Å². The molecule has 0 bridgehead atoms. The molecule has 0 radical (unpaired) electrons. The fourth-order valence-electron chi connectivity index (χ4n) is 2.79. The quantitative estimate of drug-likeness (QED) is 0.835. The van der Waals surface area contributed by atoms with Crippen LogP contribution in [-0.4, -0.2) is 43.8 Å². The van der Waals surface area contributed by atoms with E-state index in [0.717, 1.165) is 45.3 Å². The second kappa shape index (κ2) is 8.52. The van der Waals surface area contributed by atoms with E-state index in [9.17, 15) is 0 Å². The summed E-state index contributed by atoms with van der Waals surface area (Å²) >= 11 is 0. The molecule has 1 fully saturated rings. The monoisotopic (exact) mass is 290 g/mol. The zero-order valence-electron chi connectivity index (χ0n) is 13.8. The van der Waals surface area contributed by atoms with Crippen molar-refractivity contribution in [2.24, 2.45) is 5.92 Å². The lowest BCUT2D eigenvalue weighted by molar-refractivity contribution is 0.0343. The summed E-state index contributed by atoms with van der Waals surface area (Å²) in [6.07, 6.45) is 1.17. The Bertz CT molecular complexity index is 396. The standard InChI is InChI=1S/C18H30N2O/c1-15(2)12-17-4-6-18(7-5-17)13-19-16(3)14-20-8-10-21-11-9-20/h4-7,15-16,19H,8-14H2,1-3H3. The Morgan fingerprint density at radius 3 is 2.29 bits per heavy atom. The van der Waals surface area contributed by atoms with Crippen molar-refractivity contribution in [3.8, 4) is 0 Å². The summed E-state index contributed by atoms with van der Waals surface area (Å²) in [4.78, 5) is 2.48. The number of benzene rings is 1. The fraction of sp³-hybridized carbons (Fsp3) is 0.667. The summed E-state index contributed by atoms with van der Waals surface area (Å²) in [5.41, 5.74) is 2.81. The van der Waals surface area contributed by atoms with Gasteiger partial charge in [-0.15, -0.1) is 0 Å². The first-order valence-corrected chi connectivity index (χ1v) is 8.25. The molecule has 0 aromatic heterocycles. The summed E-state index contributed by atoms with van der Waals surface area (Å²) in [5.74, 6) is 0.725. The number of nitrogens with zero attached hydrogens (tertiary/aromatic N) is 1. The molecule has 1 unspecified atom stereocenters. The van der Waals surface area contributed by atoms with Crippen molar-refractivity contribution in [2.45, 2.75) is 39.8 Å². The summed E-state index contributed by atoms with van der Waals surface area (Å²) < 4.78 is 5.39. The molecule has 0 aliphatic carbocycles. The Morgan fingerprint density at radius 1 is 1.05 bits per heavy atom. The highest BCUT2D eigenvalue weighted by Gasteiger charge is 2.13. The molecule has 1 aliphatic rings. The third kappa shape index (κ3) is 6.16. The predicted octanol–water partition coefficient (Wildman–Crippen LogP) is 2.70. The van der Waals surface area contributed by atoms with Gasteiger partial charge in [0.25, 0.3) is 0 Å². The summed E-state index contributed by atoms with van der Waals surface area (Å²) in [5, 5.41) is 3.62. The van der Waals surface area contributed by atoms with Crippen molar-refractivity contribution in [1.29, 1.82) is 0 Å². The lowest BCUT2D eigenvalue weighted by atomic mass is 10.0. The van der Waals surface area contributed by atoms with Crippen LogP contribution >= 0.6 is 0 Å². The minimum absolute atomic E-state index is 0.512. The highest BCUT2D eigenvalue weighted by Crippen LogP contribution is 2.10. The first-order chi connectivity index (χ1) is 10.1. The second-order valence-corrected chi connectivity index (χ2v) is 6.61. The van der Waals surface area contributed by atoms with Crippen molar-refractivity contribution >= 4 is 0 Å². The van der Waals surface area contributed by atoms with Crippen LogP contribution in [0.2, 0.25) is 0 Å². The molecule has 1 aromatic carbocycles. The minimum atomic E-state index is 0.512. The van der Waals surface area contributed by atoms with Crippen LogP contribution in [0.4, 0.5) is 0 Å². The van der Waals surface area contributed by atoms with E-state index in [1.54, 1.807) is 0 Å². The first-order valence-electron chi connectivity index (χ1n) is 8.25. The van der Waals surface area contributed by atoms with Gasteiger partial charge in [-0.3, -0.25) is 4.90 Å². The van der Waals surface area contributed by atoms with Gasteiger partial charge in [0.15, 0.2) is 0 Å². The largest absolute Gasteiger partial charge is 0.379 e. The molecule has 0 saturated carbocycles. The second-order valence-electron chi connectivity index (χ2n) is 6.61. The van der Waals surface area contributed by atoms with E-state index in [2.05, 4.69) is 55.3 Å². The van der Waals surface area contributed by atoms with Gasteiger partial charge in [-0.2, -0.15) is 0 Å². The molecule has 2 rings (SSSR count). The molecule has 1 aliphatic heterocycles. The molecule has 0 amide bonds. The predicted molar refractivity (Wildman–Crippen MR) is 88.5 cm³/mol. The molecule has 21 heavy (non-hydrogen) atoms. The van der Waals surface area contributed by atoms with Gasteiger partial charge in [-0.1, -0.05) is 38.1 Å². The fourth-order valence-corrected chi connectivity index (χ4v) is 2.79. The zero-order chi connectivity index (χ0) is 15.1. The Kier molecular flexibility index (Phi) is 6.68. The molecular weight excluding hydrogens is 260 g/mol. The van der Waals surface area contributed by atoms with Crippen LogP contribution in [0.3, 0.4) is 0 Å².